The van der Waals surface area contributed by atoms with E-state index in [2.05, 4.69) is 5.32 Å². The summed E-state index contributed by atoms with van der Waals surface area (Å²) in [6.07, 6.45) is -3.26. The Hall–Kier alpha value is -2.73. The predicted molar refractivity (Wildman–Crippen MR) is 90.7 cm³/mol. The van der Waals surface area contributed by atoms with Crippen molar-refractivity contribution in [3.05, 3.63) is 40.6 Å². The lowest BCUT2D eigenvalue weighted by molar-refractivity contribution is -0.145. The van der Waals surface area contributed by atoms with Crippen LogP contribution in [0.1, 0.15) is 18.4 Å². The van der Waals surface area contributed by atoms with Crippen LogP contribution in [0.5, 0.6) is 0 Å². The molecule has 1 amide bonds. The predicted octanol–water partition coefficient (Wildman–Crippen LogP) is 3.50. The number of nitriles is 1. The minimum absolute atomic E-state index is 0.102. The number of piperidine rings is 1. The minimum Gasteiger partial charge on any atom is -0.481 e. The Morgan fingerprint density at radius 1 is 1.33 bits per heavy atom. The Morgan fingerprint density at radius 2 is 1.96 bits per heavy atom. The highest BCUT2D eigenvalue weighted by atomic mass is 35.5. The highest BCUT2D eigenvalue weighted by molar-refractivity contribution is 6.30. The number of alkyl halides is 3. The van der Waals surface area contributed by atoms with E-state index < -0.39 is 29.5 Å². The zero-order valence-corrected chi connectivity index (χ0v) is 14.6. The first kappa shape index (κ1) is 20.6. The van der Waals surface area contributed by atoms with Crippen LogP contribution < -0.4 is 5.32 Å². The number of hydrogen-bond acceptors (Lipinski definition) is 4. The monoisotopic (exact) mass is 401 g/mol. The number of hydrogen-bond donors (Lipinski definition) is 2. The average molecular weight is 402 g/mol. The Labute approximate surface area is 157 Å². The summed E-state index contributed by atoms with van der Waals surface area (Å²) in [5, 5.41) is 20.4. The molecule has 0 unspecified atom stereocenters. The number of carbonyl (C=O) groups is 2. The van der Waals surface area contributed by atoms with E-state index in [1.54, 1.807) is 6.07 Å². The van der Waals surface area contributed by atoms with E-state index in [0.717, 1.165) is 18.3 Å². The summed E-state index contributed by atoms with van der Waals surface area (Å²) in [5.74, 6) is -2.16. The first-order valence-corrected chi connectivity index (χ1v) is 8.27. The second-order valence-corrected chi connectivity index (χ2v) is 6.34. The number of likely N-dealkylation sites (tertiary alicyclic amines) is 1. The van der Waals surface area contributed by atoms with Crippen LogP contribution in [-0.2, 0) is 15.8 Å². The summed E-state index contributed by atoms with van der Waals surface area (Å²) in [4.78, 5) is 24.6. The number of carboxylic acid groups (broad SMARTS) is 1. The Balaban J connectivity index is 2.15. The molecule has 1 aliphatic rings. The zero-order chi connectivity index (χ0) is 20.2. The molecular formula is C17H15ClF3N3O3. The molecule has 1 aliphatic heterocycles. The van der Waals surface area contributed by atoms with E-state index in [9.17, 15) is 28.0 Å². The maximum atomic E-state index is 13.1. The summed E-state index contributed by atoms with van der Waals surface area (Å²) < 4.78 is 39.2. The van der Waals surface area contributed by atoms with Gasteiger partial charge in [0.15, 0.2) is 0 Å². The minimum atomic E-state index is -4.67. The van der Waals surface area contributed by atoms with E-state index >= 15 is 0 Å². The fourth-order valence-electron chi connectivity index (χ4n) is 2.67. The molecule has 10 heteroatoms. The van der Waals surface area contributed by atoms with Crippen molar-refractivity contribution < 1.29 is 27.9 Å². The largest absolute Gasteiger partial charge is 0.481 e. The maximum Gasteiger partial charge on any atom is 0.418 e. The van der Waals surface area contributed by atoms with Gasteiger partial charge in [-0.3, -0.25) is 9.59 Å². The number of halogens is 4. The van der Waals surface area contributed by atoms with Crippen LogP contribution in [0.4, 0.5) is 18.9 Å². The van der Waals surface area contributed by atoms with Gasteiger partial charge < -0.3 is 15.3 Å². The van der Waals surface area contributed by atoms with Gasteiger partial charge in [0.1, 0.15) is 11.6 Å². The lowest BCUT2D eigenvalue weighted by atomic mass is 9.97. The van der Waals surface area contributed by atoms with Crippen molar-refractivity contribution in [2.45, 2.75) is 19.0 Å². The molecular weight excluding hydrogens is 387 g/mol. The number of carbonyl (C=O) groups excluding carboxylic acids is 1. The topological polar surface area (TPSA) is 93.4 Å². The number of carboxylic acids is 1. The lowest BCUT2D eigenvalue weighted by Gasteiger charge is -2.29. The molecule has 0 aromatic heterocycles. The van der Waals surface area contributed by atoms with Gasteiger partial charge in [-0.2, -0.15) is 18.4 Å². The van der Waals surface area contributed by atoms with Crippen LogP contribution in [0, 0.1) is 17.2 Å². The molecule has 0 saturated carbocycles. The second kappa shape index (κ2) is 8.31. The molecule has 2 rings (SSSR count). The molecule has 1 aromatic rings. The highest BCUT2D eigenvalue weighted by Gasteiger charge is 2.34. The summed E-state index contributed by atoms with van der Waals surface area (Å²) in [5.41, 5.74) is -1.76. The smallest absolute Gasteiger partial charge is 0.418 e. The van der Waals surface area contributed by atoms with E-state index in [-0.39, 0.29) is 42.2 Å². The lowest BCUT2D eigenvalue weighted by Crippen LogP contribution is -2.40. The van der Waals surface area contributed by atoms with Crippen molar-refractivity contribution in [3.8, 4) is 6.07 Å². The standard InChI is InChI=1S/C17H15ClF3N3O3/c18-12-1-2-14(13(7-12)17(19,20)21)23-9-11(8-22)15(25)24-5-3-10(4-6-24)16(26)27/h1-2,7,9-10,23H,3-6H2,(H,26,27)/b11-9-. The number of nitrogens with zero attached hydrogens (tertiary/aromatic N) is 2. The molecule has 1 saturated heterocycles. The summed E-state index contributed by atoms with van der Waals surface area (Å²) in [7, 11) is 0. The van der Waals surface area contributed by atoms with Crippen LogP contribution in [0.2, 0.25) is 5.02 Å². The van der Waals surface area contributed by atoms with Crippen LogP contribution in [0.3, 0.4) is 0 Å². The van der Waals surface area contributed by atoms with Gasteiger partial charge >= 0.3 is 12.1 Å². The fourth-order valence-corrected chi connectivity index (χ4v) is 2.84. The first-order chi connectivity index (χ1) is 12.6. The van der Waals surface area contributed by atoms with Gasteiger partial charge in [0, 0.05) is 24.3 Å². The maximum absolute atomic E-state index is 13.1. The Bertz CT molecular complexity index is 810. The van der Waals surface area contributed by atoms with Crippen molar-refractivity contribution in [2.24, 2.45) is 5.92 Å². The number of rotatable bonds is 4. The summed E-state index contributed by atoms with van der Waals surface area (Å²) >= 11 is 5.60. The number of anilines is 1. The summed E-state index contributed by atoms with van der Waals surface area (Å²) in [6.45, 7) is 0.313. The quantitative estimate of drug-likeness (QED) is 0.595. The van der Waals surface area contributed by atoms with Gasteiger partial charge in [-0.25, -0.2) is 0 Å². The van der Waals surface area contributed by atoms with E-state index in [4.69, 9.17) is 16.7 Å². The Morgan fingerprint density at radius 3 is 2.48 bits per heavy atom. The van der Waals surface area contributed by atoms with E-state index in [0.29, 0.717) is 0 Å². The van der Waals surface area contributed by atoms with Crippen LogP contribution in [0.15, 0.2) is 30.0 Å². The molecule has 27 heavy (non-hydrogen) atoms. The molecule has 0 atom stereocenters. The van der Waals surface area contributed by atoms with Gasteiger partial charge in [0.05, 0.1) is 17.2 Å². The molecule has 1 heterocycles. The summed E-state index contributed by atoms with van der Waals surface area (Å²) in [6, 6.07) is 4.74. The van der Waals surface area contributed by atoms with Gasteiger partial charge in [-0.05, 0) is 31.0 Å². The SMILES string of the molecule is N#C/C(=C/Nc1ccc(Cl)cc1C(F)(F)F)C(=O)N1CCC(C(=O)O)CC1. The third-order valence-electron chi connectivity index (χ3n) is 4.14. The molecule has 1 aromatic carbocycles. The third-order valence-corrected chi connectivity index (χ3v) is 4.38. The molecule has 2 N–H and O–H groups in total. The van der Waals surface area contributed by atoms with Crippen molar-refractivity contribution in [3.63, 3.8) is 0 Å². The molecule has 0 bridgehead atoms. The fraction of sp³-hybridized carbons (Fsp3) is 0.353. The number of benzene rings is 1. The van der Waals surface area contributed by atoms with Gasteiger partial charge in [-0.1, -0.05) is 11.6 Å². The van der Waals surface area contributed by atoms with Gasteiger partial charge in [0.25, 0.3) is 5.91 Å². The van der Waals surface area contributed by atoms with E-state index in [1.165, 1.54) is 11.0 Å². The molecule has 0 spiro atoms. The van der Waals surface area contributed by atoms with Crippen molar-refractivity contribution in [2.75, 3.05) is 18.4 Å². The normalized spacial score (nSPS) is 16.0. The Kier molecular flexibility index (Phi) is 6.33. The van der Waals surface area contributed by atoms with Crippen LogP contribution in [0.25, 0.3) is 0 Å². The van der Waals surface area contributed by atoms with E-state index in [1.807, 2.05) is 0 Å². The third kappa shape index (κ3) is 5.14. The van der Waals surface area contributed by atoms with Crippen LogP contribution >= 0.6 is 11.6 Å². The number of aliphatic carboxylic acids is 1. The van der Waals surface area contributed by atoms with Crippen molar-refractivity contribution >= 4 is 29.2 Å². The molecule has 0 radical (unpaired) electrons. The van der Waals surface area contributed by atoms with Crippen molar-refractivity contribution in [1.29, 1.82) is 5.26 Å². The number of nitrogens with one attached hydrogen (secondary N) is 1. The van der Waals surface area contributed by atoms with Crippen molar-refractivity contribution in [1.82, 2.24) is 4.90 Å². The van der Waals surface area contributed by atoms with Crippen LogP contribution in [-0.4, -0.2) is 35.0 Å². The van der Waals surface area contributed by atoms with Gasteiger partial charge in [0.2, 0.25) is 0 Å². The molecule has 1 fully saturated rings. The molecule has 144 valence electrons. The second-order valence-electron chi connectivity index (χ2n) is 5.91. The average Bonchev–Trinajstić information content (AvgIpc) is 2.62. The number of amides is 1. The highest BCUT2D eigenvalue weighted by Crippen LogP contribution is 2.36. The van der Waals surface area contributed by atoms with Gasteiger partial charge in [-0.15, -0.1) is 0 Å². The first-order valence-electron chi connectivity index (χ1n) is 7.89. The molecule has 0 aliphatic carbocycles. The molecule has 6 nitrogen and oxygen atoms in total. The zero-order valence-electron chi connectivity index (χ0n) is 13.9.